The monoisotopic (exact) mass is 460 g/mol. The van der Waals surface area contributed by atoms with E-state index in [1.807, 2.05) is 47.4 Å². The minimum atomic E-state index is -3.07. The third kappa shape index (κ3) is 5.40. The van der Waals surface area contributed by atoms with E-state index in [1.54, 1.807) is 19.2 Å². The van der Waals surface area contributed by atoms with Gasteiger partial charge >= 0.3 is 0 Å². The molecule has 2 aromatic rings. The van der Waals surface area contributed by atoms with Gasteiger partial charge in [-0.3, -0.25) is 4.79 Å². The van der Waals surface area contributed by atoms with Gasteiger partial charge in [0.25, 0.3) is 5.91 Å². The molecule has 2 heterocycles. The number of para-hydroxylation sites is 1. The fourth-order valence-electron chi connectivity index (χ4n) is 3.74. The van der Waals surface area contributed by atoms with Crippen LogP contribution in [0, 0.1) is 0 Å². The maximum absolute atomic E-state index is 12.4. The first-order chi connectivity index (χ1) is 14.9. The lowest BCUT2D eigenvalue weighted by Crippen LogP contribution is -2.39. The predicted octanol–water partition coefficient (Wildman–Crippen LogP) is 2.41. The third-order valence-electron chi connectivity index (χ3n) is 5.30. The van der Waals surface area contributed by atoms with Crippen LogP contribution in [0.15, 0.2) is 59.6 Å². The maximum atomic E-state index is 12.4. The molecule has 2 aliphatic heterocycles. The third-order valence-corrected chi connectivity index (χ3v) is 8.55. The summed E-state index contributed by atoms with van der Waals surface area (Å²) in [5.41, 5.74) is 1.10. The first kappa shape index (κ1) is 21.7. The number of hydrogen-bond donors (Lipinski definition) is 0. The number of benzene rings is 2. The Balaban J connectivity index is 1.45. The van der Waals surface area contributed by atoms with Gasteiger partial charge in [0.05, 0.1) is 24.7 Å². The molecule has 0 unspecified atom stereocenters. The van der Waals surface area contributed by atoms with Crippen molar-refractivity contribution >= 4 is 32.7 Å². The largest absolute Gasteiger partial charge is 0.497 e. The number of ether oxygens (including phenoxy) is 2. The Morgan fingerprint density at radius 2 is 1.84 bits per heavy atom. The molecule has 4 rings (SSSR count). The number of sulfone groups is 1. The Hall–Kier alpha value is -2.52. The zero-order valence-corrected chi connectivity index (χ0v) is 18.8. The summed E-state index contributed by atoms with van der Waals surface area (Å²) in [6, 6.07) is 16.7. The molecule has 1 amide bonds. The zero-order chi connectivity index (χ0) is 21.8. The highest BCUT2D eigenvalue weighted by Gasteiger charge is 2.48. The molecule has 2 aromatic carbocycles. The SMILES string of the molecule is COc1ccc(CCN2C(=NC(=O)COc3ccccc3)S[C@H]3CS(=O)(=O)C[C@H]32)cc1. The smallest absolute Gasteiger partial charge is 0.285 e. The predicted molar refractivity (Wildman–Crippen MR) is 122 cm³/mol. The Kier molecular flexibility index (Phi) is 6.52. The second-order valence-corrected chi connectivity index (χ2v) is 10.8. The van der Waals surface area contributed by atoms with Crippen LogP contribution in [-0.2, 0) is 21.1 Å². The minimum absolute atomic E-state index is 0.0949. The van der Waals surface area contributed by atoms with Crippen LogP contribution < -0.4 is 9.47 Å². The maximum Gasteiger partial charge on any atom is 0.285 e. The van der Waals surface area contributed by atoms with Crippen LogP contribution in [-0.4, -0.2) is 67.5 Å². The number of aliphatic imine (C=N–C) groups is 1. The lowest BCUT2D eigenvalue weighted by molar-refractivity contribution is -0.119. The number of carbonyl (C=O) groups is 1. The van der Waals surface area contributed by atoms with Crippen molar-refractivity contribution in [2.45, 2.75) is 17.7 Å². The van der Waals surface area contributed by atoms with Gasteiger partial charge in [-0.15, -0.1) is 0 Å². The van der Waals surface area contributed by atoms with Gasteiger partial charge in [0.15, 0.2) is 21.6 Å². The highest BCUT2D eigenvalue weighted by molar-refractivity contribution is 8.15. The molecule has 0 bridgehead atoms. The second-order valence-electron chi connectivity index (χ2n) is 7.48. The molecule has 164 valence electrons. The summed E-state index contributed by atoms with van der Waals surface area (Å²) in [4.78, 5) is 18.7. The van der Waals surface area contributed by atoms with E-state index in [0.717, 1.165) is 11.3 Å². The first-order valence-electron chi connectivity index (χ1n) is 9.99. The van der Waals surface area contributed by atoms with Crippen LogP contribution in [0.4, 0.5) is 0 Å². The molecule has 2 aliphatic rings. The molecule has 0 spiro atoms. The quantitative estimate of drug-likeness (QED) is 0.627. The van der Waals surface area contributed by atoms with Crippen molar-refractivity contribution in [2.24, 2.45) is 4.99 Å². The van der Waals surface area contributed by atoms with Crippen molar-refractivity contribution in [1.82, 2.24) is 4.90 Å². The first-order valence-corrected chi connectivity index (χ1v) is 12.7. The van der Waals surface area contributed by atoms with E-state index in [1.165, 1.54) is 11.8 Å². The molecule has 0 saturated carbocycles. The molecule has 0 N–H and O–H groups in total. The van der Waals surface area contributed by atoms with Crippen molar-refractivity contribution in [1.29, 1.82) is 0 Å². The van der Waals surface area contributed by atoms with E-state index < -0.39 is 9.84 Å². The van der Waals surface area contributed by atoms with Gasteiger partial charge in [0, 0.05) is 11.8 Å². The standard InChI is InChI=1S/C22H24N2O5S2/c1-28-17-9-7-16(8-10-17)11-12-24-19-14-31(26,27)15-20(19)30-22(24)23-21(25)13-29-18-5-3-2-4-6-18/h2-10,19-20H,11-15H2,1H3/t19-,20+/m1/s1. The van der Waals surface area contributed by atoms with Crippen molar-refractivity contribution in [3.63, 3.8) is 0 Å². The van der Waals surface area contributed by atoms with Crippen molar-refractivity contribution in [3.8, 4) is 11.5 Å². The van der Waals surface area contributed by atoms with Gasteiger partial charge in [-0.1, -0.05) is 42.1 Å². The number of rotatable bonds is 7. The Morgan fingerprint density at radius 1 is 1.10 bits per heavy atom. The summed E-state index contributed by atoms with van der Waals surface area (Å²) in [6.07, 6.45) is 0.710. The van der Waals surface area contributed by atoms with Crippen LogP contribution in [0.3, 0.4) is 0 Å². The minimum Gasteiger partial charge on any atom is -0.497 e. The summed E-state index contributed by atoms with van der Waals surface area (Å²) in [7, 11) is -1.45. The molecular formula is C22H24N2O5S2. The number of methoxy groups -OCH3 is 1. The number of hydrogen-bond acceptors (Lipinski definition) is 6. The molecule has 9 heteroatoms. The number of carbonyl (C=O) groups excluding carboxylic acids is 1. The van der Waals surface area contributed by atoms with Gasteiger partial charge < -0.3 is 14.4 Å². The van der Waals surface area contributed by atoms with E-state index in [-0.39, 0.29) is 35.3 Å². The van der Waals surface area contributed by atoms with E-state index in [4.69, 9.17) is 9.47 Å². The molecule has 0 aromatic heterocycles. The highest BCUT2D eigenvalue weighted by Crippen LogP contribution is 2.38. The van der Waals surface area contributed by atoms with Crippen LogP contribution in [0.1, 0.15) is 5.56 Å². The number of nitrogens with zero attached hydrogens (tertiary/aromatic N) is 2. The second kappa shape index (κ2) is 9.32. The number of amidine groups is 1. The molecule has 2 atom stereocenters. The summed E-state index contributed by atoms with van der Waals surface area (Å²) in [6.45, 7) is 0.426. The van der Waals surface area contributed by atoms with E-state index in [2.05, 4.69) is 4.99 Å². The van der Waals surface area contributed by atoms with E-state index >= 15 is 0 Å². The average molecular weight is 461 g/mol. The highest BCUT2D eigenvalue weighted by atomic mass is 32.2. The average Bonchev–Trinajstić information content (AvgIpc) is 3.22. The van der Waals surface area contributed by atoms with E-state index in [9.17, 15) is 13.2 Å². The molecule has 31 heavy (non-hydrogen) atoms. The molecule has 2 saturated heterocycles. The Labute approximate surface area is 186 Å². The lowest BCUT2D eigenvalue weighted by Gasteiger charge is -2.24. The lowest BCUT2D eigenvalue weighted by atomic mass is 10.1. The fraction of sp³-hybridized carbons (Fsp3) is 0.364. The molecular weight excluding hydrogens is 436 g/mol. The van der Waals surface area contributed by atoms with Gasteiger partial charge in [-0.25, -0.2) is 8.42 Å². The van der Waals surface area contributed by atoms with Gasteiger partial charge in [0.2, 0.25) is 0 Å². The van der Waals surface area contributed by atoms with Gasteiger partial charge in [0.1, 0.15) is 11.5 Å². The van der Waals surface area contributed by atoms with Crippen LogP contribution in [0.5, 0.6) is 11.5 Å². The Bertz CT molecular complexity index is 1060. The van der Waals surface area contributed by atoms with E-state index in [0.29, 0.717) is 23.9 Å². The molecule has 2 fully saturated rings. The molecule has 7 nitrogen and oxygen atoms in total. The number of thioether (sulfide) groups is 1. The molecule has 0 aliphatic carbocycles. The summed E-state index contributed by atoms with van der Waals surface area (Å²) in [5, 5.41) is 0.488. The summed E-state index contributed by atoms with van der Waals surface area (Å²) < 4.78 is 35.0. The van der Waals surface area contributed by atoms with Gasteiger partial charge in [-0.2, -0.15) is 4.99 Å². The Morgan fingerprint density at radius 3 is 2.55 bits per heavy atom. The number of fused-ring (bicyclic) bond motifs is 1. The van der Waals surface area contributed by atoms with Crippen LogP contribution in [0.25, 0.3) is 0 Å². The van der Waals surface area contributed by atoms with Crippen LogP contribution in [0.2, 0.25) is 0 Å². The van der Waals surface area contributed by atoms with Crippen molar-refractivity contribution < 1.29 is 22.7 Å². The van der Waals surface area contributed by atoms with Crippen molar-refractivity contribution in [2.75, 3.05) is 31.8 Å². The normalized spacial score (nSPS) is 23.0. The summed E-state index contributed by atoms with van der Waals surface area (Å²) >= 11 is 1.38. The number of amides is 1. The van der Waals surface area contributed by atoms with Crippen LogP contribution >= 0.6 is 11.8 Å². The topological polar surface area (TPSA) is 85.3 Å². The fourth-order valence-corrected chi connectivity index (χ4v) is 7.73. The summed E-state index contributed by atoms with van der Waals surface area (Å²) in [5.74, 6) is 1.22. The molecule has 0 radical (unpaired) electrons. The van der Waals surface area contributed by atoms with Crippen molar-refractivity contribution in [3.05, 3.63) is 60.2 Å². The van der Waals surface area contributed by atoms with Gasteiger partial charge in [-0.05, 0) is 36.2 Å². The zero-order valence-electron chi connectivity index (χ0n) is 17.1.